The second-order valence-corrected chi connectivity index (χ2v) is 8.97. The minimum absolute atomic E-state index is 0.0832. The molecule has 1 heterocycles. The number of amides is 2. The van der Waals surface area contributed by atoms with Crippen molar-refractivity contribution in [1.82, 2.24) is 5.32 Å². The van der Waals surface area contributed by atoms with Crippen molar-refractivity contribution < 1.29 is 33.4 Å². The van der Waals surface area contributed by atoms with Gasteiger partial charge in [0.25, 0.3) is 11.8 Å². The highest BCUT2D eigenvalue weighted by atomic mass is 79.9. The monoisotopic (exact) mass is 584 g/mol. The maximum atomic E-state index is 14.4. The molecule has 0 radical (unpaired) electrons. The predicted molar refractivity (Wildman–Crippen MR) is 141 cm³/mol. The Balaban J connectivity index is 1.62. The number of hydrogen-bond acceptors (Lipinski definition) is 6. The van der Waals surface area contributed by atoms with Crippen LogP contribution in [0.2, 0.25) is 0 Å². The van der Waals surface area contributed by atoms with Crippen molar-refractivity contribution in [3.8, 4) is 11.5 Å². The van der Waals surface area contributed by atoms with E-state index in [0.29, 0.717) is 21.5 Å². The van der Waals surface area contributed by atoms with Crippen molar-refractivity contribution in [3.63, 3.8) is 0 Å². The molecule has 37 heavy (non-hydrogen) atoms. The Bertz CT molecular complexity index is 1460. The summed E-state index contributed by atoms with van der Waals surface area (Å²) >= 11 is 8.54. The first-order valence-electron chi connectivity index (χ1n) is 10.7. The van der Waals surface area contributed by atoms with E-state index in [4.69, 9.17) is 26.8 Å². The molecule has 11 heteroatoms. The molecule has 188 valence electrons. The molecule has 0 saturated carbocycles. The molecular formula is C26H18BrFN2O6S. The zero-order valence-electron chi connectivity index (χ0n) is 19.2. The van der Waals surface area contributed by atoms with Crippen molar-refractivity contribution in [3.05, 3.63) is 93.2 Å². The van der Waals surface area contributed by atoms with Gasteiger partial charge in [-0.25, -0.2) is 14.1 Å². The summed E-state index contributed by atoms with van der Waals surface area (Å²) in [6.45, 7) is 0.138. The van der Waals surface area contributed by atoms with E-state index < -0.39 is 23.6 Å². The standard InChI is InChI=1S/C26H18BrFN2O6S/c1-35-21-11-16(18(27)12-22(21)36-13-14-6-8-15(9-7-14)25(33)34)10-17-23(31)29-26(37)30(24(17)32)20-5-3-2-4-19(20)28/h2-12H,13H2,1H3,(H,33,34)(H,29,31,37)/b17-10+. The lowest BCUT2D eigenvalue weighted by Crippen LogP contribution is -2.54. The molecule has 3 aromatic rings. The minimum Gasteiger partial charge on any atom is -0.493 e. The third kappa shape index (κ3) is 5.52. The summed E-state index contributed by atoms with van der Waals surface area (Å²) in [4.78, 5) is 37.8. The molecule has 2 N–H and O–H groups in total. The van der Waals surface area contributed by atoms with Crippen molar-refractivity contribution in [2.45, 2.75) is 6.61 Å². The third-order valence-electron chi connectivity index (χ3n) is 5.37. The average Bonchev–Trinajstić information content (AvgIpc) is 2.87. The molecule has 0 aromatic heterocycles. The number of methoxy groups -OCH3 is 1. The van der Waals surface area contributed by atoms with E-state index >= 15 is 0 Å². The SMILES string of the molecule is COc1cc(/C=C2\C(=O)NC(=S)N(c3ccccc3F)C2=O)c(Br)cc1OCc1ccc(C(=O)O)cc1. The fourth-order valence-corrected chi connectivity index (χ4v) is 4.21. The largest absolute Gasteiger partial charge is 0.493 e. The maximum Gasteiger partial charge on any atom is 0.335 e. The quantitative estimate of drug-likeness (QED) is 0.235. The Morgan fingerprint density at radius 3 is 2.49 bits per heavy atom. The highest BCUT2D eigenvalue weighted by Crippen LogP contribution is 2.36. The lowest BCUT2D eigenvalue weighted by molar-refractivity contribution is -0.122. The van der Waals surface area contributed by atoms with E-state index in [1.54, 1.807) is 30.3 Å². The van der Waals surface area contributed by atoms with Crippen molar-refractivity contribution in [1.29, 1.82) is 0 Å². The number of carbonyl (C=O) groups is 3. The fraction of sp³-hybridized carbons (Fsp3) is 0.0769. The van der Waals surface area contributed by atoms with Crippen LogP contribution in [-0.2, 0) is 16.2 Å². The molecule has 0 aliphatic carbocycles. The number of aromatic carboxylic acids is 1. The number of thiocarbonyl (C=S) groups is 1. The highest BCUT2D eigenvalue weighted by Gasteiger charge is 2.35. The number of hydrogen-bond donors (Lipinski definition) is 2. The molecule has 8 nitrogen and oxygen atoms in total. The van der Waals surface area contributed by atoms with Gasteiger partial charge in [0.05, 0.1) is 18.4 Å². The smallest absolute Gasteiger partial charge is 0.335 e. The van der Waals surface area contributed by atoms with Gasteiger partial charge >= 0.3 is 5.97 Å². The van der Waals surface area contributed by atoms with Gasteiger partial charge in [0.2, 0.25) is 0 Å². The summed E-state index contributed by atoms with van der Waals surface area (Å²) in [5.41, 5.74) is 0.988. The Kier molecular flexibility index (Phi) is 7.65. The summed E-state index contributed by atoms with van der Waals surface area (Å²) < 4.78 is 26.1. The Morgan fingerprint density at radius 1 is 1.14 bits per heavy atom. The van der Waals surface area contributed by atoms with Gasteiger partial charge in [0, 0.05) is 4.47 Å². The number of benzene rings is 3. The van der Waals surface area contributed by atoms with Crippen molar-refractivity contribution in [2.75, 3.05) is 12.0 Å². The van der Waals surface area contributed by atoms with Gasteiger partial charge in [0.15, 0.2) is 16.6 Å². The normalized spacial score (nSPS) is 14.5. The third-order valence-corrected chi connectivity index (χ3v) is 6.34. The van der Waals surface area contributed by atoms with Gasteiger partial charge in [-0.15, -0.1) is 0 Å². The number of rotatable bonds is 7. The Morgan fingerprint density at radius 2 is 1.84 bits per heavy atom. The number of halogens is 2. The molecule has 0 atom stereocenters. The molecule has 4 rings (SSSR count). The molecule has 1 aliphatic heterocycles. The van der Waals surface area contributed by atoms with Crippen LogP contribution in [0.4, 0.5) is 10.1 Å². The summed E-state index contributed by atoms with van der Waals surface area (Å²) in [6, 6.07) is 15.0. The number of ether oxygens (including phenoxy) is 2. The lowest BCUT2D eigenvalue weighted by atomic mass is 10.1. The van der Waals surface area contributed by atoms with E-state index in [1.807, 2.05) is 0 Å². The van der Waals surface area contributed by atoms with Gasteiger partial charge in [-0.1, -0.05) is 40.2 Å². The van der Waals surface area contributed by atoms with E-state index in [9.17, 15) is 18.8 Å². The van der Waals surface area contributed by atoms with Gasteiger partial charge in [-0.05, 0) is 65.8 Å². The van der Waals surface area contributed by atoms with Crippen LogP contribution in [-0.4, -0.2) is 35.1 Å². The van der Waals surface area contributed by atoms with E-state index in [1.165, 1.54) is 43.5 Å². The fourth-order valence-electron chi connectivity index (χ4n) is 3.50. The summed E-state index contributed by atoms with van der Waals surface area (Å²) in [5, 5.41) is 11.2. The molecule has 1 saturated heterocycles. The first kappa shape index (κ1) is 26.0. The maximum absolute atomic E-state index is 14.4. The van der Waals surface area contributed by atoms with Gasteiger partial charge in [-0.2, -0.15) is 0 Å². The van der Waals surface area contributed by atoms with E-state index in [0.717, 1.165) is 10.5 Å². The van der Waals surface area contributed by atoms with E-state index in [-0.39, 0.29) is 28.5 Å². The topological polar surface area (TPSA) is 105 Å². The average molecular weight is 585 g/mol. The van der Waals surface area contributed by atoms with Crippen LogP contribution in [0.1, 0.15) is 21.5 Å². The second-order valence-electron chi connectivity index (χ2n) is 7.72. The van der Waals surface area contributed by atoms with Crippen LogP contribution in [0.5, 0.6) is 11.5 Å². The zero-order valence-corrected chi connectivity index (χ0v) is 21.6. The Labute approximate surface area is 224 Å². The van der Waals surface area contributed by atoms with Gasteiger partial charge < -0.3 is 14.6 Å². The molecule has 0 spiro atoms. The van der Waals surface area contributed by atoms with Gasteiger partial charge in [-0.3, -0.25) is 14.9 Å². The zero-order chi connectivity index (χ0) is 26.7. The van der Waals surface area contributed by atoms with Crippen LogP contribution in [0, 0.1) is 5.82 Å². The molecule has 1 fully saturated rings. The molecule has 1 aliphatic rings. The first-order valence-corrected chi connectivity index (χ1v) is 11.9. The van der Waals surface area contributed by atoms with Crippen LogP contribution >= 0.6 is 28.1 Å². The second kappa shape index (κ2) is 10.9. The van der Waals surface area contributed by atoms with Crippen LogP contribution in [0.3, 0.4) is 0 Å². The van der Waals surface area contributed by atoms with Crippen molar-refractivity contribution >= 4 is 62.8 Å². The van der Waals surface area contributed by atoms with Gasteiger partial charge in [0.1, 0.15) is 18.0 Å². The molecule has 0 bridgehead atoms. The number of carboxylic acids is 1. The number of anilines is 1. The van der Waals surface area contributed by atoms with Crippen LogP contribution in [0.15, 0.2) is 70.7 Å². The van der Waals surface area contributed by atoms with E-state index in [2.05, 4.69) is 21.2 Å². The number of nitrogens with one attached hydrogen (secondary N) is 1. The lowest BCUT2D eigenvalue weighted by Gasteiger charge is -2.29. The summed E-state index contributed by atoms with van der Waals surface area (Å²) in [6.07, 6.45) is 1.34. The predicted octanol–water partition coefficient (Wildman–Crippen LogP) is 4.71. The first-order chi connectivity index (χ1) is 17.7. The highest BCUT2D eigenvalue weighted by molar-refractivity contribution is 9.10. The molecule has 2 amide bonds. The number of carboxylic acid groups (broad SMARTS) is 1. The van der Waals surface area contributed by atoms with Crippen molar-refractivity contribution in [2.24, 2.45) is 0 Å². The number of para-hydroxylation sites is 1. The Hall–Kier alpha value is -4.09. The number of carbonyl (C=O) groups excluding carboxylic acids is 2. The summed E-state index contributed by atoms with van der Waals surface area (Å²) in [5.74, 6) is -2.51. The molecular weight excluding hydrogens is 567 g/mol. The molecule has 3 aromatic carbocycles. The summed E-state index contributed by atoms with van der Waals surface area (Å²) in [7, 11) is 1.44. The number of nitrogens with zero attached hydrogens (tertiary/aromatic N) is 1. The van der Waals surface area contributed by atoms with Crippen LogP contribution in [0.25, 0.3) is 6.08 Å². The minimum atomic E-state index is -1.02. The van der Waals surface area contributed by atoms with Crippen LogP contribution < -0.4 is 19.7 Å². The molecule has 0 unspecified atom stereocenters.